The molecule has 0 aliphatic rings. The Morgan fingerprint density at radius 3 is 2.56 bits per heavy atom. The summed E-state index contributed by atoms with van der Waals surface area (Å²) in [5, 5.41) is 19.3. The standard InChI is InChI=1S/C10H14ClFN2O2/c11-6-4-8(14)7(12)3-5(6)10(16)9(15)1-2-13/h3-4,9-10,15-16H,1-2,13-14H2. The molecule has 0 amide bonds. The summed E-state index contributed by atoms with van der Waals surface area (Å²) in [7, 11) is 0. The van der Waals surface area contributed by atoms with Crippen LogP contribution in [0.25, 0.3) is 0 Å². The van der Waals surface area contributed by atoms with E-state index >= 15 is 0 Å². The first-order chi connectivity index (χ1) is 7.47. The van der Waals surface area contributed by atoms with Crippen molar-refractivity contribution in [3.8, 4) is 0 Å². The van der Waals surface area contributed by atoms with Gasteiger partial charge in [-0.1, -0.05) is 11.6 Å². The molecule has 0 aliphatic heterocycles. The summed E-state index contributed by atoms with van der Waals surface area (Å²) in [6.07, 6.45) is -2.15. The highest BCUT2D eigenvalue weighted by molar-refractivity contribution is 6.31. The zero-order chi connectivity index (χ0) is 12.3. The van der Waals surface area contributed by atoms with Crippen molar-refractivity contribution >= 4 is 17.3 Å². The van der Waals surface area contributed by atoms with Crippen LogP contribution < -0.4 is 11.5 Å². The van der Waals surface area contributed by atoms with Crippen molar-refractivity contribution in [3.63, 3.8) is 0 Å². The van der Waals surface area contributed by atoms with Crippen LogP contribution in [0.2, 0.25) is 5.02 Å². The van der Waals surface area contributed by atoms with Crippen LogP contribution >= 0.6 is 11.6 Å². The van der Waals surface area contributed by atoms with Gasteiger partial charge in [-0.25, -0.2) is 4.39 Å². The minimum absolute atomic E-state index is 0.103. The number of hydrogen-bond acceptors (Lipinski definition) is 4. The fourth-order valence-electron chi connectivity index (χ4n) is 1.34. The normalized spacial score (nSPS) is 14.8. The van der Waals surface area contributed by atoms with Crippen LogP contribution in [0, 0.1) is 5.82 Å². The second-order valence-electron chi connectivity index (χ2n) is 3.48. The summed E-state index contributed by atoms with van der Waals surface area (Å²) in [5.74, 6) is -0.682. The summed E-state index contributed by atoms with van der Waals surface area (Å²) < 4.78 is 13.2. The summed E-state index contributed by atoms with van der Waals surface area (Å²) >= 11 is 5.79. The van der Waals surface area contributed by atoms with Crippen LogP contribution in [0.15, 0.2) is 12.1 Å². The first-order valence-corrected chi connectivity index (χ1v) is 5.15. The molecular weight excluding hydrogens is 235 g/mol. The Labute approximate surface area is 97.6 Å². The van der Waals surface area contributed by atoms with Gasteiger partial charge < -0.3 is 21.7 Å². The fraction of sp³-hybridized carbons (Fsp3) is 0.400. The van der Waals surface area contributed by atoms with Gasteiger partial charge in [0.05, 0.1) is 11.8 Å². The maximum absolute atomic E-state index is 13.2. The van der Waals surface area contributed by atoms with Crippen molar-refractivity contribution in [2.24, 2.45) is 5.73 Å². The molecule has 2 unspecified atom stereocenters. The van der Waals surface area contributed by atoms with Gasteiger partial charge in [-0.15, -0.1) is 0 Å². The molecule has 0 aliphatic carbocycles. The third-order valence-electron chi connectivity index (χ3n) is 2.26. The first-order valence-electron chi connectivity index (χ1n) is 4.78. The molecule has 90 valence electrons. The lowest BCUT2D eigenvalue weighted by Crippen LogP contribution is -2.22. The number of anilines is 1. The summed E-state index contributed by atoms with van der Waals surface area (Å²) in [4.78, 5) is 0. The largest absolute Gasteiger partial charge is 0.396 e. The van der Waals surface area contributed by atoms with Crippen molar-refractivity contribution in [3.05, 3.63) is 28.5 Å². The summed E-state index contributed by atoms with van der Waals surface area (Å²) in [6.45, 7) is 0.216. The van der Waals surface area contributed by atoms with Crippen LogP contribution in [-0.4, -0.2) is 22.9 Å². The van der Waals surface area contributed by atoms with Crippen LogP contribution in [0.5, 0.6) is 0 Å². The van der Waals surface area contributed by atoms with E-state index < -0.39 is 18.0 Å². The second-order valence-corrected chi connectivity index (χ2v) is 3.89. The Kier molecular flexibility index (Phi) is 4.49. The van der Waals surface area contributed by atoms with Gasteiger partial charge in [0.1, 0.15) is 11.9 Å². The molecule has 1 aromatic carbocycles. The number of aliphatic hydroxyl groups excluding tert-OH is 2. The Morgan fingerprint density at radius 2 is 2.00 bits per heavy atom. The van der Waals surface area contributed by atoms with E-state index in [2.05, 4.69) is 0 Å². The Hall–Kier alpha value is -0.880. The number of aliphatic hydroxyl groups is 2. The highest BCUT2D eigenvalue weighted by Crippen LogP contribution is 2.29. The van der Waals surface area contributed by atoms with Crippen molar-refractivity contribution < 1.29 is 14.6 Å². The van der Waals surface area contributed by atoms with Crippen molar-refractivity contribution in [1.29, 1.82) is 0 Å². The van der Waals surface area contributed by atoms with Crippen molar-refractivity contribution in [1.82, 2.24) is 0 Å². The minimum Gasteiger partial charge on any atom is -0.396 e. The van der Waals surface area contributed by atoms with Gasteiger partial charge in [0.25, 0.3) is 0 Å². The van der Waals surface area contributed by atoms with E-state index in [1.807, 2.05) is 0 Å². The van der Waals surface area contributed by atoms with Gasteiger partial charge >= 0.3 is 0 Å². The number of hydrogen-bond donors (Lipinski definition) is 4. The van der Waals surface area contributed by atoms with E-state index in [4.69, 9.17) is 23.1 Å². The summed E-state index contributed by atoms with van der Waals surface area (Å²) in [6, 6.07) is 2.21. The molecule has 4 nitrogen and oxygen atoms in total. The molecule has 0 fully saturated rings. The van der Waals surface area contributed by atoms with Crippen LogP contribution in [0.1, 0.15) is 18.1 Å². The molecular formula is C10H14ClFN2O2. The molecule has 0 bridgehead atoms. The Morgan fingerprint density at radius 1 is 1.38 bits per heavy atom. The van der Waals surface area contributed by atoms with Crippen LogP contribution in [0.4, 0.5) is 10.1 Å². The molecule has 16 heavy (non-hydrogen) atoms. The first kappa shape index (κ1) is 13.2. The quantitative estimate of drug-likeness (QED) is 0.593. The smallest absolute Gasteiger partial charge is 0.146 e. The van der Waals surface area contributed by atoms with E-state index in [0.29, 0.717) is 0 Å². The minimum atomic E-state index is -1.27. The van der Waals surface area contributed by atoms with Crippen molar-refractivity contribution in [2.45, 2.75) is 18.6 Å². The topological polar surface area (TPSA) is 92.5 Å². The fourth-order valence-corrected chi connectivity index (χ4v) is 1.62. The predicted molar refractivity (Wildman–Crippen MR) is 60.5 cm³/mol. The maximum atomic E-state index is 13.2. The van der Waals surface area contributed by atoms with Gasteiger partial charge in [0.2, 0.25) is 0 Å². The van der Waals surface area contributed by atoms with Crippen LogP contribution in [-0.2, 0) is 0 Å². The molecule has 0 heterocycles. The third kappa shape index (κ3) is 2.82. The van der Waals surface area contributed by atoms with Crippen LogP contribution in [0.3, 0.4) is 0 Å². The monoisotopic (exact) mass is 248 g/mol. The molecule has 0 spiro atoms. The third-order valence-corrected chi connectivity index (χ3v) is 2.59. The lowest BCUT2D eigenvalue weighted by atomic mass is 10.0. The van der Waals surface area contributed by atoms with Gasteiger partial charge in [0.15, 0.2) is 0 Å². The lowest BCUT2D eigenvalue weighted by Gasteiger charge is -2.19. The van der Waals surface area contributed by atoms with E-state index in [0.717, 1.165) is 6.07 Å². The number of nitrogen functional groups attached to an aromatic ring is 1. The van der Waals surface area contributed by atoms with E-state index in [1.165, 1.54) is 6.07 Å². The van der Waals surface area contributed by atoms with E-state index in [-0.39, 0.29) is 29.2 Å². The highest BCUT2D eigenvalue weighted by Gasteiger charge is 2.21. The van der Waals surface area contributed by atoms with Gasteiger partial charge in [-0.05, 0) is 25.1 Å². The Bertz CT molecular complexity index is 376. The zero-order valence-electron chi connectivity index (χ0n) is 8.53. The molecule has 0 saturated heterocycles. The lowest BCUT2D eigenvalue weighted by molar-refractivity contribution is 0.0149. The van der Waals surface area contributed by atoms with Gasteiger partial charge in [0, 0.05) is 10.6 Å². The number of benzene rings is 1. The predicted octanol–water partition coefficient (Wildman–Crippen LogP) is 0.804. The number of halogens is 2. The van der Waals surface area contributed by atoms with Gasteiger partial charge in [-0.3, -0.25) is 0 Å². The Balaban J connectivity index is 2.99. The number of nitrogens with two attached hydrogens (primary N) is 2. The molecule has 0 radical (unpaired) electrons. The van der Waals surface area contributed by atoms with E-state index in [9.17, 15) is 14.6 Å². The van der Waals surface area contributed by atoms with Crippen molar-refractivity contribution in [2.75, 3.05) is 12.3 Å². The average molecular weight is 249 g/mol. The highest BCUT2D eigenvalue weighted by atomic mass is 35.5. The molecule has 1 rings (SSSR count). The van der Waals surface area contributed by atoms with E-state index in [1.54, 1.807) is 0 Å². The van der Waals surface area contributed by atoms with Gasteiger partial charge in [-0.2, -0.15) is 0 Å². The average Bonchev–Trinajstić information content (AvgIpc) is 2.23. The molecule has 6 N–H and O–H groups in total. The second kappa shape index (κ2) is 5.45. The molecule has 0 saturated carbocycles. The maximum Gasteiger partial charge on any atom is 0.146 e. The number of rotatable bonds is 4. The zero-order valence-corrected chi connectivity index (χ0v) is 9.28. The SMILES string of the molecule is NCCC(O)C(O)c1cc(F)c(N)cc1Cl. The molecule has 0 aromatic heterocycles. The molecule has 2 atom stereocenters. The molecule has 6 heteroatoms. The molecule has 1 aromatic rings. The summed E-state index contributed by atoms with van der Waals surface area (Å²) in [5.41, 5.74) is 10.5.